The number of Topliss-reactive ketones (excluding diaryl/α,β-unsaturated/α-hetero) is 1. The topological polar surface area (TPSA) is 66.8 Å². The summed E-state index contributed by atoms with van der Waals surface area (Å²) >= 11 is 12.6. The molecule has 1 heterocycles. The Bertz CT molecular complexity index is 1320. The normalized spacial score (nSPS) is 16.9. The van der Waals surface area contributed by atoms with Gasteiger partial charge < -0.3 is 9.84 Å². The summed E-state index contributed by atoms with van der Waals surface area (Å²) in [7, 11) is 1.44. The number of carbonyl (C=O) groups is 2. The molecule has 0 bridgehead atoms. The number of aliphatic hydroxyl groups excluding tert-OH is 1. The van der Waals surface area contributed by atoms with Gasteiger partial charge in [0, 0.05) is 11.3 Å². The molecule has 1 fully saturated rings. The van der Waals surface area contributed by atoms with Crippen LogP contribution in [-0.2, 0) is 22.4 Å². The van der Waals surface area contributed by atoms with Crippen LogP contribution in [0.25, 0.3) is 5.76 Å². The molecule has 1 saturated heterocycles. The Morgan fingerprint density at radius 2 is 1.54 bits per heavy atom. The van der Waals surface area contributed by atoms with E-state index in [-0.39, 0.29) is 32.7 Å². The predicted octanol–water partition coefficient (Wildman–Crippen LogP) is 7.53. The molecule has 3 aromatic rings. The average Bonchev–Trinajstić information content (AvgIpc) is 3.17. The minimum atomic E-state index is -0.827. The van der Waals surface area contributed by atoms with Crippen molar-refractivity contribution in [1.82, 2.24) is 0 Å². The fraction of sp³-hybridized carbons (Fsp3) is 0.267. The Morgan fingerprint density at radius 1 is 0.946 bits per heavy atom. The average molecular weight is 538 g/mol. The van der Waals surface area contributed by atoms with Crippen LogP contribution in [0.1, 0.15) is 55.0 Å². The van der Waals surface area contributed by atoms with E-state index >= 15 is 0 Å². The largest absolute Gasteiger partial charge is 0.507 e. The summed E-state index contributed by atoms with van der Waals surface area (Å²) in [6, 6.07) is 17.5. The van der Waals surface area contributed by atoms with E-state index in [0.717, 1.165) is 36.8 Å². The Hall–Kier alpha value is -3.28. The number of anilines is 1. The smallest absolute Gasteiger partial charge is 0.300 e. The first-order valence-corrected chi connectivity index (χ1v) is 13.1. The maximum atomic E-state index is 13.4. The van der Waals surface area contributed by atoms with Gasteiger partial charge in [-0.25, -0.2) is 0 Å². The van der Waals surface area contributed by atoms with E-state index in [9.17, 15) is 14.7 Å². The Balaban J connectivity index is 1.88. The van der Waals surface area contributed by atoms with Gasteiger partial charge in [-0.1, -0.05) is 79.9 Å². The molecule has 1 atom stereocenters. The standard InChI is InChI=1S/C30H29Cl2NO4/c1-4-6-7-19-10-14-22(15-11-19)33-26(20-12-8-18(5-2)9-13-20)25(28(35)30(33)36)27(34)21-16-23(31)29(37-3)24(32)17-21/h8-17,26,34H,4-7H2,1-3H3/b27-25+. The van der Waals surface area contributed by atoms with Crippen molar-refractivity contribution in [2.24, 2.45) is 0 Å². The molecule has 4 rings (SSSR count). The lowest BCUT2D eigenvalue weighted by molar-refractivity contribution is -0.132. The minimum Gasteiger partial charge on any atom is -0.507 e. The van der Waals surface area contributed by atoms with Crippen LogP contribution < -0.4 is 9.64 Å². The molecular formula is C30H29Cl2NO4. The highest BCUT2D eigenvalue weighted by Crippen LogP contribution is 2.44. The van der Waals surface area contributed by atoms with Gasteiger partial charge in [-0.05, 0) is 60.2 Å². The lowest BCUT2D eigenvalue weighted by Crippen LogP contribution is -2.29. The molecule has 1 aliphatic heterocycles. The van der Waals surface area contributed by atoms with Gasteiger partial charge in [0.05, 0.1) is 28.8 Å². The van der Waals surface area contributed by atoms with Crippen molar-refractivity contribution in [2.45, 2.75) is 45.6 Å². The SMILES string of the molecule is CCCCc1ccc(N2C(=O)C(=O)/C(=C(/O)c3cc(Cl)c(OC)c(Cl)c3)C2c2ccc(CC)cc2)cc1. The van der Waals surface area contributed by atoms with Crippen molar-refractivity contribution in [3.63, 3.8) is 0 Å². The summed E-state index contributed by atoms with van der Waals surface area (Å²) in [4.78, 5) is 28.3. The van der Waals surface area contributed by atoms with Crippen molar-refractivity contribution < 1.29 is 19.4 Å². The van der Waals surface area contributed by atoms with Gasteiger partial charge in [-0.2, -0.15) is 0 Å². The monoisotopic (exact) mass is 537 g/mol. The Kier molecular flexibility index (Phi) is 8.25. The van der Waals surface area contributed by atoms with Gasteiger partial charge in [0.1, 0.15) is 5.76 Å². The second-order valence-corrected chi connectivity index (χ2v) is 9.82. The lowest BCUT2D eigenvalue weighted by atomic mass is 9.94. The minimum absolute atomic E-state index is 0.0263. The number of hydrogen-bond acceptors (Lipinski definition) is 4. The van der Waals surface area contributed by atoms with Crippen LogP contribution in [0.2, 0.25) is 10.0 Å². The van der Waals surface area contributed by atoms with Crippen molar-refractivity contribution >= 4 is 46.3 Å². The molecule has 1 N–H and O–H groups in total. The Labute approximate surface area is 227 Å². The predicted molar refractivity (Wildman–Crippen MR) is 149 cm³/mol. The first kappa shape index (κ1) is 26.8. The number of halogens is 2. The van der Waals surface area contributed by atoms with Crippen LogP contribution >= 0.6 is 23.2 Å². The van der Waals surface area contributed by atoms with Gasteiger partial charge >= 0.3 is 0 Å². The number of nitrogens with zero attached hydrogens (tertiary/aromatic N) is 1. The van der Waals surface area contributed by atoms with E-state index in [1.165, 1.54) is 24.1 Å². The number of amides is 1. The molecular weight excluding hydrogens is 509 g/mol. The van der Waals surface area contributed by atoms with Crippen LogP contribution in [-0.4, -0.2) is 23.9 Å². The van der Waals surface area contributed by atoms with Crippen molar-refractivity contribution in [1.29, 1.82) is 0 Å². The first-order valence-electron chi connectivity index (χ1n) is 12.3. The molecule has 0 spiro atoms. The zero-order valence-corrected chi connectivity index (χ0v) is 22.6. The molecule has 0 radical (unpaired) electrons. The van der Waals surface area contributed by atoms with Crippen molar-refractivity contribution in [3.05, 3.63) is 98.5 Å². The summed E-state index contributed by atoms with van der Waals surface area (Å²) in [5.41, 5.74) is 3.76. The van der Waals surface area contributed by atoms with Crippen LogP contribution in [0.4, 0.5) is 5.69 Å². The molecule has 5 nitrogen and oxygen atoms in total. The molecule has 0 saturated carbocycles. The number of hydrogen-bond donors (Lipinski definition) is 1. The summed E-state index contributed by atoms with van der Waals surface area (Å²) in [5.74, 6) is -1.58. The van der Waals surface area contributed by atoms with E-state index in [2.05, 4.69) is 13.8 Å². The number of unbranched alkanes of at least 4 members (excludes halogenated alkanes) is 1. The van der Waals surface area contributed by atoms with E-state index in [1.54, 1.807) is 0 Å². The summed E-state index contributed by atoms with van der Waals surface area (Å²) in [6.45, 7) is 4.19. The van der Waals surface area contributed by atoms with Gasteiger partial charge in [0.2, 0.25) is 0 Å². The highest BCUT2D eigenvalue weighted by atomic mass is 35.5. The highest BCUT2D eigenvalue weighted by Gasteiger charge is 2.47. The summed E-state index contributed by atoms with van der Waals surface area (Å²) < 4.78 is 5.20. The number of methoxy groups -OCH3 is 1. The quantitative estimate of drug-likeness (QED) is 0.183. The van der Waals surface area contributed by atoms with Crippen LogP contribution in [0.5, 0.6) is 5.75 Å². The third-order valence-electron chi connectivity index (χ3n) is 6.66. The molecule has 7 heteroatoms. The van der Waals surface area contributed by atoms with Gasteiger partial charge in [0.15, 0.2) is 5.75 Å². The summed E-state index contributed by atoms with van der Waals surface area (Å²) in [5, 5.41) is 11.7. The maximum Gasteiger partial charge on any atom is 0.300 e. The van der Waals surface area contributed by atoms with E-state index in [0.29, 0.717) is 11.3 Å². The first-order chi connectivity index (χ1) is 17.8. The molecule has 37 heavy (non-hydrogen) atoms. The van der Waals surface area contributed by atoms with Crippen molar-refractivity contribution in [3.8, 4) is 5.75 Å². The Morgan fingerprint density at radius 3 is 2.08 bits per heavy atom. The van der Waals surface area contributed by atoms with Crippen LogP contribution in [0.15, 0.2) is 66.2 Å². The molecule has 1 unspecified atom stereocenters. The fourth-order valence-electron chi connectivity index (χ4n) is 4.60. The van der Waals surface area contributed by atoms with E-state index in [4.69, 9.17) is 27.9 Å². The van der Waals surface area contributed by atoms with Crippen molar-refractivity contribution in [2.75, 3.05) is 12.0 Å². The third-order valence-corrected chi connectivity index (χ3v) is 7.22. The molecule has 1 aliphatic rings. The van der Waals surface area contributed by atoms with Gasteiger partial charge in [-0.15, -0.1) is 0 Å². The zero-order chi connectivity index (χ0) is 26.7. The fourth-order valence-corrected chi connectivity index (χ4v) is 5.24. The van der Waals surface area contributed by atoms with Crippen LogP contribution in [0, 0.1) is 0 Å². The number of rotatable bonds is 8. The summed E-state index contributed by atoms with van der Waals surface area (Å²) in [6.07, 6.45) is 3.95. The zero-order valence-electron chi connectivity index (χ0n) is 21.1. The number of ether oxygens (including phenoxy) is 1. The molecule has 1 amide bonds. The van der Waals surface area contributed by atoms with Crippen LogP contribution in [0.3, 0.4) is 0 Å². The van der Waals surface area contributed by atoms with E-state index < -0.39 is 17.7 Å². The number of aryl methyl sites for hydroxylation is 2. The number of ketones is 1. The third kappa shape index (κ3) is 5.25. The molecule has 0 aromatic heterocycles. The second-order valence-electron chi connectivity index (χ2n) is 9.01. The lowest BCUT2D eigenvalue weighted by Gasteiger charge is -2.26. The van der Waals surface area contributed by atoms with Gasteiger partial charge in [-0.3, -0.25) is 14.5 Å². The molecule has 3 aromatic carbocycles. The number of benzene rings is 3. The maximum absolute atomic E-state index is 13.4. The second kappa shape index (κ2) is 11.4. The molecule has 0 aliphatic carbocycles. The van der Waals surface area contributed by atoms with Gasteiger partial charge in [0.25, 0.3) is 11.7 Å². The highest BCUT2D eigenvalue weighted by molar-refractivity contribution is 6.51. The van der Waals surface area contributed by atoms with E-state index in [1.807, 2.05) is 48.5 Å². The molecule has 192 valence electrons. The number of carbonyl (C=O) groups excluding carboxylic acids is 2. The number of aliphatic hydroxyl groups is 1.